The Hall–Kier alpha value is -2.04. The summed E-state index contributed by atoms with van der Waals surface area (Å²) in [5.41, 5.74) is 1.67. The molecule has 1 saturated heterocycles. The van der Waals surface area contributed by atoms with Gasteiger partial charge in [-0.05, 0) is 48.2 Å². The number of ether oxygens (including phenoxy) is 2. The third-order valence-corrected chi connectivity index (χ3v) is 6.24. The largest absolute Gasteiger partial charge is 0.497 e. The molecule has 28 heavy (non-hydrogen) atoms. The maximum atomic E-state index is 11.6. The lowest BCUT2D eigenvalue weighted by Crippen LogP contribution is -2.52. The van der Waals surface area contributed by atoms with Gasteiger partial charge >= 0.3 is 0 Å². The van der Waals surface area contributed by atoms with Crippen molar-refractivity contribution in [2.24, 2.45) is 5.92 Å². The van der Waals surface area contributed by atoms with Crippen LogP contribution in [0.1, 0.15) is 62.7 Å². The third kappa shape index (κ3) is 4.34. The van der Waals surface area contributed by atoms with Crippen LogP contribution in [-0.2, 0) is 0 Å². The Kier molecular flexibility index (Phi) is 6.63. The first-order valence-corrected chi connectivity index (χ1v) is 10.3. The summed E-state index contributed by atoms with van der Waals surface area (Å²) in [4.78, 5) is 0. The minimum atomic E-state index is -0.698. The van der Waals surface area contributed by atoms with Crippen molar-refractivity contribution >= 4 is 0 Å². The normalized spacial score (nSPS) is 27.4. The van der Waals surface area contributed by atoms with Gasteiger partial charge in [-0.1, -0.05) is 51.0 Å². The molecule has 0 radical (unpaired) electrons. The summed E-state index contributed by atoms with van der Waals surface area (Å²) in [6, 6.07) is 16.5. The molecule has 1 fully saturated rings. The Morgan fingerprint density at radius 3 is 2.00 bits per heavy atom. The molecular formula is C24H33NO3. The minimum Gasteiger partial charge on any atom is -0.497 e. The van der Waals surface area contributed by atoms with E-state index in [1.807, 2.05) is 24.3 Å². The Morgan fingerprint density at radius 2 is 1.50 bits per heavy atom. The van der Waals surface area contributed by atoms with Crippen LogP contribution in [0.5, 0.6) is 11.5 Å². The molecule has 0 spiro atoms. The van der Waals surface area contributed by atoms with Gasteiger partial charge in [-0.2, -0.15) is 0 Å². The molecule has 0 aliphatic carbocycles. The van der Waals surface area contributed by atoms with Crippen molar-refractivity contribution in [2.75, 3.05) is 14.2 Å². The standard InChI is InChI=1S/C24H33NO3/c1-5-6-15-24(26)16-22(18-7-11-20(27-3)12-8-18)25-23(17(24)2)19-9-13-21(28-4)14-10-19/h7-14,17,22-23,25-26H,5-6,15-16H2,1-4H3/t17-,22-,23+,24+/m1/s1. The number of hydrogen-bond acceptors (Lipinski definition) is 4. The summed E-state index contributed by atoms with van der Waals surface area (Å²) in [5.74, 6) is 1.81. The maximum absolute atomic E-state index is 11.6. The van der Waals surface area contributed by atoms with Gasteiger partial charge in [-0.3, -0.25) is 0 Å². The van der Waals surface area contributed by atoms with Crippen molar-refractivity contribution in [3.05, 3.63) is 59.7 Å². The molecule has 0 saturated carbocycles. The Bertz CT molecular complexity index is 743. The van der Waals surface area contributed by atoms with E-state index in [1.165, 1.54) is 11.1 Å². The van der Waals surface area contributed by atoms with Gasteiger partial charge in [0.1, 0.15) is 11.5 Å². The molecule has 0 aromatic heterocycles. The smallest absolute Gasteiger partial charge is 0.118 e. The van der Waals surface area contributed by atoms with E-state index in [0.717, 1.165) is 30.8 Å². The van der Waals surface area contributed by atoms with E-state index in [2.05, 4.69) is 43.4 Å². The average molecular weight is 384 g/mol. The van der Waals surface area contributed by atoms with E-state index in [0.29, 0.717) is 6.42 Å². The highest BCUT2D eigenvalue weighted by Gasteiger charge is 2.45. The van der Waals surface area contributed by atoms with Crippen molar-refractivity contribution in [1.82, 2.24) is 5.32 Å². The topological polar surface area (TPSA) is 50.7 Å². The van der Waals surface area contributed by atoms with Crippen LogP contribution in [0.3, 0.4) is 0 Å². The lowest BCUT2D eigenvalue weighted by molar-refractivity contribution is -0.0752. The number of piperidine rings is 1. The van der Waals surface area contributed by atoms with Crippen LogP contribution < -0.4 is 14.8 Å². The fraction of sp³-hybridized carbons (Fsp3) is 0.500. The van der Waals surface area contributed by atoms with Gasteiger partial charge in [0.25, 0.3) is 0 Å². The van der Waals surface area contributed by atoms with Crippen molar-refractivity contribution in [1.29, 1.82) is 0 Å². The first kappa shape index (κ1) is 20.7. The molecule has 4 heteroatoms. The average Bonchev–Trinajstić information content (AvgIpc) is 2.74. The highest BCUT2D eigenvalue weighted by atomic mass is 16.5. The fourth-order valence-electron chi connectivity index (χ4n) is 4.33. The van der Waals surface area contributed by atoms with Gasteiger partial charge in [0.15, 0.2) is 0 Å². The molecule has 152 valence electrons. The predicted molar refractivity (Wildman–Crippen MR) is 113 cm³/mol. The van der Waals surface area contributed by atoms with Crippen LogP contribution in [0.4, 0.5) is 0 Å². The zero-order valence-electron chi connectivity index (χ0n) is 17.4. The molecule has 2 aromatic carbocycles. The molecular weight excluding hydrogens is 350 g/mol. The van der Waals surface area contributed by atoms with Crippen LogP contribution >= 0.6 is 0 Å². The lowest BCUT2D eigenvalue weighted by Gasteiger charge is -2.48. The SMILES string of the molecule is CCCC[C@]1(O)C[C@H](c2ccc(OC)cc2)N[C@H](c2ccc(OC)cc2)[C@H]1C. The number of unbranched alkanes of at least 4 members (excludes halogenated alkanes) is 1. The van der Waals surface area contributed by atoms with E-state index in [9.17, 15) is 5.11 Å². The predicted octanol–water partition coefficient (Wildman–Crippen LogP) is 5.04. The number of rotatable bonds is 7. The second-order valence-corrected chi connectivity index (χ2v) is 7.94. The third-order valence-electron chi connectivity index (χ3n) is 6.24. The Balaban J connectivity index is 1.92. The molecule has 4 atom stereocenters. The highest BCUT2D eigenvalue weighted by molar-refractivity contribution is 5.33. The van der Waals surface area contributed by atoms with Crippen LogP contribution in [0.2, 0.25) is 0 Å². The van der Waals surface area contributed by atoms with Crippen LogP contribution in [0, 0.1) is 5.92 Å². The maximum Gasteiger partial charge on any atom is 0.118 e. The van der Waals surface area contributed by atoms with Gasteiger partial charge in [0.2, 0.25) is 0 Å². The van der Waals surface area contributed by atoms with E-state index >= 15 is 0 Å². The van der Waals surface area contributed by atoms with Crippen LogP contribution in [0.15, 0.2) is 48.5 Å². The molecule has 0 amide bonds. The van der Waals surface area contributed by atoms with Crippen molar-refractivity contribution in [3.8, 4) is 11.5 Å². The highest BCUT2D eigenvalue weighted by Crippen LogP contribution is 2.45. The molecule has 1 aliphatic rings. The molecule has 2 N–H and O–H groups in total. The van der Waals surface area contributed by atoms with Gasteiger partial charge in [0.05, 0.1) is 19.8 Å². The second-order valence-electron chi connectivity index (χ2n) is 7.94. The monoisotopic (exact) mass is 383 g/mol. The summed E-state index contributed by atoms with van der Waals surface area (Å²) in [6.45, 7) is 4.35. The molecule has 4 nitrogen and oxygen atoms in total. The summed E-state index contributed by atoms with van der Waals surface area (Å²) in [7, 11) is 3.36. The molecule has 1 aliphatic heterocycles. The van der Waals surface area contributed by atoms with Gasteiger partial charge in [0, 0.05) is 18.0 Å². The molecule has 3 rings (SSSR count). The second kappa shape index (κ2) is 8.97. The minimum absolute atomic E-state index is 0.0774. The Morgan fingerprint density at radius 1 is 0.964 bits per heavy atom. The number of hydrogen-bond donors (Lipinski definition) is 2. The fourth-order valence-corrected chi connectivity index (χ4v) is 4.33. The van der Waals surface area contributed by atoms with Gasteiger partial charge in [-0.25, -0.2) is 0 Å². The van der Waals surface area contributed by atoms with Gasteiger partial charge in [-0.15, -0.1) is 0 Å². The summed E-state index contributed by atoms with van der Waals surface area (Å²) in [6.07, 6.45) is 3.66. The van der Waals surface area contributed by atoms with E-state index < -0.39 is 5.60 Å². The Labute approximate surface area is 168 Å². The number of benzene rings is 2. The zero-order chi connectivity index (χ0) is 20.1. The summed E-state index contributed by atoms with van der Waals surface area (Å²) < 4.78 is 10.6. The molecule has 0 bridgehead atoms. The van der Waals surface area contributed by atoms with E-state index in [4.69, 9.17) is 9.47 Å². The van der Waals surface area contributed by atoms with Gasteiger partial charge < -0.3 is 19.9 Å². The molecule has 2 aromatic rings. The number of methoxy groups -OCH3 is 2. The first-order valence-electron chi connectivity index (χ1n) is 10.3. The lowest BCUT2D eigenvalue weighted by atomic mass is 9.70. The van der Waals surface area contributed by atoms with E-state index in [1.54, 1.807) is 14.2 Å². The molecule has 0 unspecified atom stereocenters. The molecule has 1 heterocycles. The van der Waals surface area contributed by atoms with E-state index in [-0.39, 0.29) is 18.0 Å². The van der Waals surface area contributed by atoms with Crippen molar-refractivity contribution < 1.29 is 14.6 Å². The summed E-state index contributed by atoms with van der Waals surface area (Å²) >= 11 is 0. The van der Waals surface area contributed by atoms with Crippen molar-refractivity contribution in [2.45, 2.75) is 57.2 Å². The van der Waals surface area contributed by atoms with Crippen molar-refractivity contribution in [3.63, 3.8) is 0 Å². The summed E-state index contributed by atoms with van der Waals surface area (Å²) in [5, 5.41) is 15.4. The van der Waals surface area contributed by atoms with Crippen LogP contribution in [0.25, 0.3) is 0 Å². The van der Waals surface area contributed by atoms with Crippen LogP contribution in [-0.4, -0.2) is 24.9 Å². The number of aliphatic hydroxyl groups is 1. The first-order chi connectivity index (χ1) is 13.5. The quantitative estimate of drug-likeness (QED) is 0.703. The number of nitrogens with one attached hydrogen (secondary N) is 1. The zero-order valence-corrected chi connectivity index (χ0v) is 17.4.